The highest BCUT2D eigenvalue weighted by molar-refractivity contribution is 4.85. The first-order valence-corrected chi connectivity index (χ1v) is 8.78. The summed E-state index contributed by atoms with van der Waals surface area (Å²) in [5.74, 6) is 1.68. The Balaban J connectivity index is 1.80. The van der Waals surface area contributed by atoms with Crippen LogP contribution < -0.4 is 5.32 Å². The van der Waals surface area contributed by atoms with Crippen LogP contribution in [0.25, 0.3) is 0 Å². The summed E-state index contributed by atoms with van der Waals surface area (Å²) in [7, 11) is 1.83. The normalized spacial score (nSPS) is 27.0. The van der Waals surface area contributed by atoms with E-state index in [1.165, 1.54) is 71.1 Å². The first-order valence-electron chi connectivity index (χ1n) is 8.78. The van der Waals surface area contributed by atoms with Crippen LogP contribution in [0, 0.1) is 11.8 Å². The Morgan fingerprint density at radius 1 is 1.20 bits per heavy atom. The molecule has 0 aromatic rings. The molecule has 2 rings (SSSR count). The summed E-state index contributed by atoms with van der Waals surface area (Å²) in [6, 6.07) is 0.719. The van der Waals surface area contributed by atoms with Crippen molar-refractivity contribution in [2.75, 3.05) is 39.9 Å². The number of methoxy groups -OCH3 is 1. The Morgan fingerprint density at radius 3 is 2.70 bits per heavy atom. The zero-order valence-electron chi connectivity index (χ0n) is 13.6. The third kappa shape index (κ3) is 5.01. The minimum Gasteiger partial charge on any atom is -0.384 e. The number of nitrogens with one attached hydrogen (secondary N) is 1. The van der Waals surface area contributed by atoms with Crippen molar-refractivity contribution in [3.05, 3.63) is 0 Å². The van der Waals surface area contributed by atoms with Gasteiger partial charge in [-0.1, -0.05) is 26.2 Å². The van der Waals surface area contributed by atoms with Crippen LogP contribution in [0.2, 0.25) is 0 Å². The molecule has 3 heteroatoms. The molecular weight excluding hydrogens is 248 g/mol. The zero-order chi connectivity index (χ0) is 14.2. The van der Waals surface area contributed by atoms with Crippen LogP contribution in [-0.4, -0.2) is 50.8 Å². The molecule has 0 amide bonds. The van der Waals surface area contributed by atoms with Crippen LogP contribution in [0.5, 0.6) is 0 Å². The van der Waals surface area contributed by atoms with E-state index in [-0.39, 0.29) is 0 Å². The topological polar surface area (TPSA) is 24.5 Å². The van der Waals surface area contributed by atoms with E-state index in [1.54, 1.807) is 0 Å². The number of rotatable bonds is 8. The summed E-state index contributed by atoms with van der Waals surface area (Å²) in [6.07, 6.45) is 9.79. The average molecular weight is 282 g/mol. The molecule has 3 nitrogen and oxygen atoms in total. The first-order chi connectivity index (χ1) is 9.83. The number of hydrogen-bond acceptors (Lipinski definition) is 3. The van der Waals surface area contributed by atoms with E-state index >= 15 is 0 Å². The lowest BCUT2D eigenvalue weighted by Crippen LogP contribution is -2.46. The molecule has 0 radical (unpaired) electrons. The molecule has 0 spiro atoms. The van der Waals surface area contributed by atoms with Crippen LogP contribution in [-0.2, 0) is 4.74 Å². The molecule has 1 saturated carbocycles. The molecule has 118 valence electrons. The van der Waals surface area contributed by atoms with E-state index in [0.717, 1.165) is 24.5 Å². The van der Waals surface area contributed by atoms with Gasteiger partial charge in [0.25, 0.3) is 0 Å². The van der Waals surface area contributed by atoms with Crippen molar-refractivity contribution in [2.45, 2.75) is 57.9 Å². The predicted octanol–water partition coefficient (Wildman–Crippen LogP) is 2.90. The van der Waals surface area contributed by atoms with Gasteiger partial charge in [-0.25, -0.2) is 0 Å². The second kappa shape index (κ2) is 9.01. The fourth-order valence-corrected chi connectivity index (χ4v) is 3.98. The number of likely N-dealkylation sites (tertiary alicyclic amines) is 1. The van der Waals surface area contributed by atoms with Gasteiger partial charge in [-0.15, -0.1) is 0 Å². The highest BCUT2D eigenvalue weighted by atomic mass is 16.5. The maximum absolute atomic E-state index is 5.32. The molecule has 1 heterocycles. The SMILES string of the molecule is CCCNC(CN1CCC(COC)C1)C1CCCCC1. The van der Waals surface area contributed by atoms with Gasteiger partial charge in [0.15, 0.2) is 0 Å². The van der Waals surface area contributed by atoms with Gasteiger partial charge in [-0.05, 0) is 50.6 Å². The van der Waals surface area contributed by atoms with E-state index in [2.05, 4.69) is 17.1 Å². The molecule has 1 aliphatic heterocycles. The maximum Gasteiger partial charge on any atom is 0.0503 e. The predicted molar refractivity (Wildman–Crippen MR) is 85.1 cm³/mol. The molecule has 1 N–H and O–H groups in total. The van der Waals surface area contributed by atoms with Crippen LogP contribution in [0.1, 0.15) is 51.9 Å². The van der Waals surface area contributed by atoms with Crippen molar-refractivity contribution in [2.24, 2.45) is 11.8 Å². The van der Waals surface area contributed by atoms with Gasteiger partial charge < -0.3 is 15.0 Å². The maximum atomic E-state index is 5.32. The van der Waals surface area contributed by atoms with Crippen molar-refractivity contribution >= 4 is 0 Å². The monoisotopic (exact) mass is 282 g/mol. The van der Waals surface area contributed by atoms with Crippen LogP contribution in [0.15, 0.2) is 0 Å². The minimum atomic E-state index is 0.719. The van der Waals surface area contributed by atoms with Gasteiger partial charge in [-0.3, -0.25) is 0 Å². The zero-order valence-corrected chi connectivity index (χ0v) is 13.6. The number of hydrogen-bond donors (Lipinski definition) is 1. The van der Waals surface area contributed by atoms with Gasteiger partial charge in [0.1, 0.15) is 0 Å². The summed E-state index contributed by atoms with van der Waals surface area (Å²) in [5, 5.41) is 3.84. The van der Waals surface area contributed by atoms with Gasteiger partial charge in [0.05, 0.1) is 6.61 Å². The molecule has 1 aliphatic carbocycles. The van der Waals surface area contributed by atoms with Gasteiger partial charge >= 0.3 is 0 Å². The molecule has 0 bridgehead atoms. The van der Waals surface area contributed by atoms with Crippen LogP contribution >= 0.6 is 0 Å². The van der Waals surface area contributed by atoms with Gasteiger partial charge in [0, 0.05) is 26.2 Å². The minimum absolute atomic E-state index is 0.719. The molecule has 0 aromatic heterocycles. The summed E-state index contributed by atoms with van der Waals surface area (Å²) in [4.78, 5) is 2.67. The molecule has 2 fully saturated rings. The van der Waals surface area contributed by atoms with E-state index in [4.69, 9.17) is 4.74 Å². The molecule has 2 atom stereocenters. The standard InChI is InChI=1S/C17H34N2O/c1-3-10-18-17(16-7-5-4-6-8-16)13-19-11-9-15(12-19)14-20-2/h15-18H,3-14H2,1-2H3. The number of nitrogens with zero attached hydrogens (tertiary/aromatic N) is 1. The Labute approximate surface area is 125 Å². The molecule has 2 aliphatic rings. The highest BCUT2D eigenvalue weighted by Gasteiger charge is 2.28. The molecular formula is C17H34N2O. The quantitative estimate of drug-likeness (QED) is 0.741. The molecule has 2 unspecified atom stereocenters. The lowest BCUT2D eigenvalue weighted by molar-refractivity contribution is 0.148. The van der Waals surface area contributed by atoms with Crippen LogP contribution in [0.3, 0.4) is 0 Å². The summed E-state index contributed by atoms with van der Waals surface area (Å²) < 4.78 is 5.32. The largest absolute Gasteiger partial charge is 0.384 e. The average Bonchev–Trinajstić information content (AvgIpc) is 2.92. The lowest BCUT2D eigenvalue weighted by atomic mass is 9.83. The van der Waals surface area contributed by atoms with Crippen molar-refractivity contribution in [3.63, 3.8) is 0 Å². The van der Waals surface area contributed by atoms with Crippen molar-refractivity contribution in [3.8, 4) is 0 Å². The smallest absolute Gasteiger partial charge is 0.0503 e. The van der Waals surface area contributed by atoms with E-state index in [1.807, 2.05) is 7.11 Å². The van der Waals surface area contributed by atoms with Gasteiger partial charge in [0.2, 0.25) is 0 Å². The second-order valence-electron chi connectivity index (χ2n) is 6.83. The molecule has 0 aromatic carbocycles. The van der Waals surface area contributed by atoms with Crippen molar-refractivity contribution < 1.29 is 4.74 Å². The highest BCUT2D eigenvalue weighted by Crippen LogP contribution is 2.28. The molecule has 20 heavy (non-hydrogen) atoms. The third-order valence-corrected chi connectivity index (χ3v) is 5.10. The van der Waals surface area contributed by atoms with E-state index in [9.17, 15) is 0 Å². The lowest BCUT2D eigenvalue weighted by Gasteiger charge is -2.34. The summed E-state index contributed by atoms with van der Waals surface area (Å²) in [6.45, 7) is 8.15. The Morgan fingerprint density at radius 2 is 2.00 bits per heavy atom. The van der Waals surface area contributed by atoms with E-state index in [0.29, 0.717) is 0 Å². The fourth-order valence-electron chi connectivity index (χ4n) is 3.98. The van der Waals surface area contributed by atoms with E-state index < -0.39 is 0 Å². The Kier molecular flexibility index (Phi) is 7.32. The Hall–Kier alpha value is -0.120. The van der Waals surface area contributed by atoms with Crippen LogP contribution in [0.4, 0.5) is 0 Å². The number of ether oxygens (including phenoxy) is 1. The van der Waals surface area contributed by atoms with Crippen molar-refractivity contribution in [1.82, 2.24) is 10.2 Å². The third-order valence-electron chi connectivity index (χ3n) is 5.10. The summed E-state index contributed by atoms with van der Waals surface area (Å²) >= 11 is 0. The van der Waals surface area contributed by atoms with Crippen molar-refractivity contribution in [1.29, 1.82) is 0 Å². The Bertz CT molecular complexity index is 253. The van der Waals surface area contributed by atoms with Gasteiger partial charge in [-0.2, -0.15) is 0 Å². The summed E-state index contributed by atoms with van der Waals surface area (Å²) in [5.41, 5.74) is 0. The molecule has 1 saturated heterocycles. The second-order valence-corrected chi connectivity index (χ2v) is 6.83. The fraction of sp³-hybridized carbons (Fsp3) is 1.00. The first kappa shape index (κ1) is 16.3.